The molecule has 1 N–H and O–H groups in total. The summed E-state index contributed by atoms with van der Waals surface area (Å²) in [6.07, 6.45) is 2.28. The van der Waals surface area contributed by atoms with E-state index in [9.17, 15) is 0 Å². The second-order valence-corrected chi connectivity index (χ2v) is 5.98. The Morgan fingerprint density at radius 1 is 1.25 bits per heavy atom. The number of guanidine groups is 1. The average molecular weight is 328 g/mol. The third-order valence-corrected chi connectivity index (χ3v) is 3.99. The lowest BCUT2D eigenvalue weighted by Gasteiger charge is -2.22. The maximum Gasteiger partial charge on any atom is 0.194 e. The number of aryl methyl sites for hydroxylation is 1. The van der Waals surface area contributed by atoms with Gasteiger partial charge in [-0.2, -0.15) is 0 Å². The van der Waals surface area contributed by atoms with Gasteiger partial charge < -0.3 is 14.8 Å². The summed E-state index contributed by atoms with van der Waals surface area (Å²) in [5, 5.41) is 11.7. The van der Waals surface area contributed by atoms with E-state index >= 15 is 0 Å². The molecule has 0 amide bonds. The molecule has 0 unspecified atom stereocenters. The molecule has 2 aromatic rings. The molecule has 1 heterocycles. The highest BCUT2D eigenvalue weighted by Crippen LogP contribution is 2.05. The minimum absolute atomic E-state index is 0.519. The van der Waals surface area contributed by atoms with Crippen molar-refractivity contribution in [1.29, 1.82) is 0 Å². The molecule has 0 atom stereocenters. The third kappa shape index (κ3) is 5.08. The Labute approximate surface area is 144 Å². The van der Waals surface area contributed by atoms with Gasteiger partial charge in [0, 0.05) is 27.2 Å². The van der Waals surface area contributed by atoms with Gasteiger partial charge in [0.1, 0.15) is 12.4 Å². The molecule has 0 aliphatic carbocycles. The van der Waals surface area contributed by atoms with Gasteiger partial charge in [-0.1, -0.05) is 43.7 Å². The van der Waals surface area contributed by atoms with Crippen LogP contribution in [0.1, 0.15) is 37.0 Å². The van der Waals surface area contributed by atoms with Gasteiger partial charge in [0.15, 0.2) is 11.8 Å². The molecule has 2 rings (SSSR count). The molecule has 0 saturated carbocycles. The van der Waals surface area contributed by atoms with E-state index in [0.717, 1.165) is 43.5 Å². The number of unbranched alkanes of at least 4 members (excludes halogenated alkanes) is 1. The van der Waals surface area contributed by atoms with Gasteiger partial charge in [-0.3, -0.25) is 0 Å². The van der Waals surface area contributed by atoms with Crippen molar-refractivity contribution < 1.29 is 0 Å². The fourth-order valence-electron chi connectivity index (χ4n) is 2.36. The van der Waals surface area contributed by atoms with Crippen LogP contribution in [0.5, 0.6) is 0 Å². The summed E-state index contributed by atoms with van der Waals surface area (Å²) < 4.78 is 1.98. The second kappa shape index (κ2) is 9.05. The Morgan fingerprint density at radius 2 is 2.00 bits per heavy atom. The van der Waals surface area contributed by atoms with Gasteiger partial charge in [-0.15, -0.1) is 10.2 Å². The molecule has 0 fully saturated rings. The molecule has 0 aliphatic heterocycles. The van der Waals surface area contributed by atoms with Crippen molar-refractivity contribution in [2.24, 2.45) is 12.0 Å². The van der Waals surface area contributed by atoms with E-state index in [1.165, 1.54) is 5.56 Å². The highest BCUT2D eigenvalue weighted by molar-refractivity contribution is 5.79. The molecular formula is C18H28N6. The number of hydrogen-bond donors (Lipinski definition) is 1. The topological polar surface area (TPSA) is 58.3 Å². The Balaban J connectivity index is 2.07. The zero-order valence-corrected chi connectivity index (χ0v) is 15.2. The monoisotopic (exact) mass is 328 g/mol. The number of nitrogens with one attached hydrogen (secondary N) is 1. The quantitative estimate of drug-likeness (QED) is 0.482. The van der Waals surface area contributed by atoms with Crippen molar-refractivity contribution in [1.82, 2.24) is 25.0 Å². The largest absolute Gasteiger partial charge is 0.356 e. The molecule has 24 heavy (non-hydrogen) atoms. The number of aliphatic imine (C=N–C) groups is 1. The molecule has 1 aromatic carbocycles. The first-order valence-corrected chi connectivity index (χ1v) is 8.50. The van der Waals surface area contributed by atoms with Gasteiger partial charge in [0.05, 0.1) is 0 Å². The molecular weight excluding hydrogens is 300 g/mol. The highest BCUT2D eigenvalue weighted by Gasteiger charge is 2.09. The zero-order chi connectivity index (χ0) is 17.4. The molecule has 130 valence electrons. The van der Waals surface area contributed by atoms with E-state index in [-0.39, 0.29) is 0 Å². The maximum atomic E-state index is 4.74. The van der Waals surface area contributed by atoms with E-state index in [1.54, 1.807) is 0 Å². The van der Waals surface area contributed by atoms with Crippen LogP contribution in [0.15, 0.2) is 35.3 Å². The smallest absolute Gasteiger partial charge is 0.194 e. The van der Waals surface area contributed by atoms with Crippen LogP contribution in [-0.2, 0) is 20.1 Å². The van der Waals surface area contributed by atoms with Gasteiger partial charge in [-0.05, 0) is 18.9 Å². The van der Waals surface area contributed by atoms with Gasteiger partial charge in [0.25, 0.3) is 0 Å². The van der Waals surface area contributed by atoms with Crippen LogP contribution in [-0.4, -0.2) is 39.2 Å². The molecule has 0 bridgehead atoms. The molecule has 6 nitrogen and oxygen atoms in total. The minimum Gasteiger partial charge on any atom is -0.356 e. The van der Waals surface area contributed by atoms with Crippen LogP contribution in [0, 0.1) is 6.92 Å². The molecule has 0 radical (unpaired) electrons. The Bertz CT molecular complexity index is 647. The van der Waals surface area contributed by atoms with Crippen LogP contribution in [0.2, 0.25) is 0 Å². The Kier molecular flexibility index (Phi) is 6.78. The van der Waals surface area contributed by atoms with Crippen molar-refractivity contribution in [2.45, 2.75) is 39.8 Å². The van der Waals surface area contributed by atoms with Crippen molar-refractivity contribution >= 4 is 5.96 Å². The summed E-state index contributed by atoms with van der Waals surface area (Å²) in [6, 6.07) is 10.4. The lowest BCUT2D eigenvalue weighted by Crippen LogP contribution is -2.39. The van der Waals surface area contributed by atoms with E-state index < -0.39 is 0 Å². The molecule has 0 spiro atoms. The summed E-state index contributed by atoms with van der Waals surface area (Å²) in [4.78, 5) is 6.89. The minimum atomic E-state index is 0.519. The number of nitrogens with zero attached hydrogens (tertiary/aromatic N) is 5. The first-order valence-electron chi connectivity index (χ1n) is 8.50. The van der Waals surface area contributed by atoms with E-state index in [4.69, 9.17) is 4.99 Å². The first kappa shape index (κ1) is 18.0. The maximum absolute atomic E-state index is 4.74. The predicted molar refractivity (Wildman–Crippen MR) is 97.7 cm³/mol. The highest BCUT2D eigenvalue weighted by atomic mass is 15.3. The van der Waals surface area contributed by atoms with Crippen molar-refractivity contribution in [3.8, 4) is 0 Å². The van der Waals surface area contributed by atoms with Crippen LogP contribution < -0.4 is 5.32 Å². The Morgan fingerprint density at radius 3 is 2.62 bits per heavy atom. The SMILES string of the molecule is CCCCNC(=NCc1nnc(C)n1C)N(C)Cc1ccccc1. The lowest BCUT2D eigenvalue weighted by molar-refractivity contribution is 0.472. The van der Waals surface area contributed by atoms with Crippen molar-refractivity contribution in [3.63, 3.8) is 0 Å². The van der Waals surface area contributed by atoms with E-state index in [2.05, 4.69) is 58.7 Å². The summed E-state index contributed by atoms with van der Waals surface area (Å²) in [5.41, 5.74) is 1.26. The van der Waals surface area contributed by atoms with Gasteiger partial charge in [-0.25, -0.2) is 4.99 Å². The fraction of sp³-hybridized carbons (Fsp3) is 0.500. The van der Waals surface area contributed by atoms with Crippen LogP contribution in [0.25, 0.3) is 0 Å². The number of benzene rings is 1. The standard InChI is InChI=1S/C18H28N6/c1-5-6-12-19-18(20-13-17-22-21-15(2)24(17)4)23(3)14-16-10-8-7-9-11-16/h7-11H,5-6,12-14H2,1-4H3,(H,19,20). The second-order valence-electron chi connectivity index (χ2n) is 5.98. The van der Waals surface area contributed by atoms with Crippen molar-refractivity contribution in [2.75, 3.05) is 13.6 Å². The van der Waals surface area contributed by atoms with Gasteiger partial charge in [0.2, 0.25) is 0 Å². The predicted octanol–water partition coefficient (Wildman–Crippen LogP) is 2.50. The summed E-state index contributed by atoms with van der Waals surface area (Å²) in [5.74, 6) is 2.67. The summed E-state index contributed by atoms with van der Waals surface area (Å²) in [6.45, 7) is 6.39. The lowest BCUT2D eigenvalue weighted by atomic mass is 10.2. The van der Waals surface area contributed by atoms with Crippen LogP contribution in [0.3, 0.4) is 0 Å². The summed E-state index contributed by atoms with van der Waals surface area (Å²) in [7, 11) is 4.03. The van der Waals surface area contributed by atoms with Crippen molar-refractivity contribution in [3.05, 3.63) is 47.5 Å². The molecule has 0 aliphatic rings. The fourth-order valence-corrected chi connectivity index (χ4v) is 2.36. The first-order chi connectivity index (χ1) is 11.6. The van der Waals surface area contributed by atoms with Gasteiger partial charge >= 0.3 is 0 Å². The molecule has 1 aromatic heterocycles. The average Bonchev–Trinajstić information content (AvgIpc) is 2.90. The normalized spacial score (nSPS) is 11.6. The molecule has 6 heteroatoms. The van der Waals surface area contributed by atoms with E-state index in [1.807, 2.05) is 24.6 Å². The van der Waals surface area contributed by atoms with Crippen LogP contribution >= 0.6 is 0 Å². The number of hydrogen-bond acceptors (Lipinski definition) is 3. The molecule has 0 saturated heterocycles. The van der Waals surface area contributed by atoms with Crippen LogP contribution in [0.4, 0.5) is 0 Å². The summed E-state index contributed by atoms with van der Waals surface area (Å²) >= 11 is 0. The van der Waals surface area contributed by atoms with E-state index in [0.29, 0.717) is 6.54 Å². The Hall–Kier alpha value is -2.37. The number of rotatable bonds is 7. The number of aromatic nitrogens is 3. The zero-order valence-electron chi connectivity index (χ0n) is 15.2. The third-order valence-electron chi connectivity index (χ3n) is 3.99.